The van der Waals surface area contributed by atoms with Crippen LogP contribution in [-0.4, -0.2) is 13.0 Å². The van der Waals surface area contributed by atoms with Crippen molar-refractivity contribution in [1.82, 2.24) is 5.32 Å². The molecule has 0 aromatic heterocycles. The highest BCUT2D eigenvalue weighted by Gasteiger charge is 2.15. The molecular formula is C24H25NO2. The number of ether oxygens (including phenoxy) is 1. The van der Waals surface area contributed by atoms with Crippen LogP contribution in [0.1, 0.15) is 40.9 Å². The molecule has 1 unspecified atom stereocenters. The molecule has 138 valence electrons. The molecule has 1 N–H and O–H groups in total. The van der Waals surface area contributed by atoms with E-state index in [0.29, 0.717) is 5.56 Å². The lowest BCUT2D eigenvalue weighted by Crippen LogP contribution is -2.28. The van der Waals surface area contributed by atoms with Gasteiger partial charge in [-0.3, -0.25) is 4.79 Å². The molecule has 3 rings (SSSR count). The third kappa shape index (κ3) is 4.37. The lowest BCUT2D eigenvalue weighted by atomic mass is 10.0. The number of amides is 1. The van der Waals surface area contributed by atoms with Gasteiger partial charge in [-0.15, -0.1) is 0 Å². The Morgan fingerprint density at radius 2 is 1.63 bits per heavy atom. The van der Waals surface area contributed by atoms with Crippen LogP contribution in [0.25, 0.3) is 11.1 Å². The SMILES string of the molecule is CCC(NC(=O)c1ccc(-c2ccccc2)cc1)c1ccc(OC)c(C)c1. The normalized spacial score (nSPS) is 11.7. The van der Waals surface area contributed by atoms with Crippen LogP contribution in [0.4, 0.5) is 0 Å². The summed E-state index contributed by atoms with van der Waals surface area (Å²) in [7, 11) is 1.67. The van der Waals surface area contributed by atoms with E-state index >= 15 is 0 Å². The third-order valence-electron chi connectivity index (χ3n) is 4.79. The van der Waals surface area contributed by atoms with E-state index in [2.05, 4.69) is 30.4 Å². The summed E-state index contributed by atoms with van der Waals surface area (Å²) in [6, 6.07) is 23.9. The van der Waals surface area contributed by atoms with Crippen molar-refractivity contribution in [1.29, 1.82) is 0 Å². The Labute approximate surface area is 161 Å². The number of aryl methyl sites for hydroxylation is 1. The Bertz CT molecular complexity index is 901. The molecule has 0 aliphatic carbocycles. The fourth-order valence-corrected chi connectivity index (χ4v) is 3.23. The number of rotatable bonds is 6. The predicted octanol–water partition coefficient (Wildman–Crippen LogP) is 5.55. The molecule has 3 aromatic rings. The van der Waals surface area contributed by atoms with E-state index in [9.17, 15) is 4.79 Å². The zero-order valence-electron chi connectivity index (χ0n) is 16.0. The van der Waals surface area contributed by atoms with Gasteiger partial charge < -0.3 is 10.1 Å². The molecule has 0 spiro atoms. The van der Waals surface area contributed by atoms with E-state index in [0.717, 1.165) is 34.4 Å². The average molecular weight is 359 g/mol. The van der Waals surface area contributed by atoms with Gasteiger partial charge in [-0.1, -0.05) is 61.5 Å². The number of hydrogen-bond acceptors (Lipinski definition) is 2. The van der Waals surface area contributed by atoms with Crippen molar-refractivity contribution in [2.75, 3.05) is 7.11 Å². The molecule has 0 aliphatic rings. The minimum Gasteiger partial charge on any atom is -0.496 e. The maximum absolute atomic E-state index is 12.7. The zero-order chi connectivity index (χ0) is 19.2. The van der Waals surface area contributed by atoms with E-state index in [4.69, 9.17) is 4.74 Å². The summed E-state index contributed by atoms with van der Waals surface area (Å²) in [5, 5.41) is 3.14. The molecule has 1 atom stereocenters. The quantitative estimate of drug-likeness (QED) is 0.626. The molecule has 27 heavy (non-hydrogen) atoms. The van der Waals surface area contributed by atoms with Gasteiger partial charge in [0.2, 0.25) is 0 Å². The zero-order valence-corrected chi connectivity index (χ0v) is 16.0. The Morgan fingerprint density at radius 3 is 2.22 bits per heavy atom. The van der Waals surface area contributed by atoms with Crippen LogP contribution in [0, 0.1) is 6.92 Å². The molecule has 0 aliphatic heterocycles. The first-order valence-electron chi connectivity index (χ1n) is 9.23. The molecule has 3 nitrogen and oxygen atoms in total. The maximum atomic E-state index is 12.7. The average Bonchev–Trinajstić information content (AvgIpc) is 2.72. The summed E-state index contributed by atoms with van der Waals surface area (Å²) in [6.45, 7) is 4.09. The first-order valence-corrected chi connectivity index (χ1v) is 9.23. The van der Waals surface area contributed by atoms with E-state index in [-0.39, 0.29) is 11.9 Å². The summed E-state index contributed by atoms with van der Waals surface area (Å²) in [6.07, 6.45) is 0.819. The van der Waals surface area contributed by atoms with Crippen molar-refractivity contribution >= 4 is 5.91 Å². The fourth-order valence-electron chi connectivity index (χ4n) is 3.23. The van der Waals surface area contributed by atoms with Crippen molar-refractivity contribution in [3.8, 4) is 16.9 Å². The fraction of sp³-hybridized carbons (Fsp3) is 0.208. The second-order valence-electron chi connectivity index (χ2n) is 6.61. The Kier molecular flexibility index (Phi) is 5.92. The van der Waals surface area contributed by atoms with Gasteiger partial charge >= 0.3 is 0 Å². The standard InChI is InChI=1S/C24H25NO2/c1-4-22(21-14-15-23(27-3)17(2)16-21)25-24(26)20-12-10-19(11-13-20)18-8-6-5-7-9-18/h5-16,22H,4H2,1-3H3,(H,25,26). The molecule has 0 heterocycles. The number of hydrogen-bond donors (Lipinski definition) is 1. The van der Waals surface area contributed by atoms with Crippen LogP contribution in [-0.2, 0) is 0 Å². The monoisotopic (exact) mass is 359 g/mol. The second-order valence-corrected chi connectivity index (χ2v) is 6.61. The molecule has 0 fully saturated rings. The number of nitrogens with one attached hydrogen (secondary N) is 1. The van der Waals surface area contributed by atoms with E-state index in [1.54, 1.807) is 7.11 Å². The maximum Gasteiger partial charge on any atom is 0.251 e. The summed E-state index contributed by atoms with van der Waals surface area (Å²) in [5.41, 5.74) is 5.06. The molecule has 0 bridgehead atoms. The smallest absolute Gasteiger partial charge is 0.251 e. The van der Waals surface area contributed by atoms with Crippen LogP contribution in [0.3, 0.4) is 0 Å². The third-order valence-corrected chi connectivity index (χ3v) is 4.79. The van der Waals surface area contributed by atoms with Gasteiger partial charge in [0.05, 0.1) is 13.2 Å². The van der Waals surface area contributed by atoms with Crippen LogP contribution in [0.15, 0.2) is 72.8 Å². The largest absolute Gasteiger partial charge is 0.496 e. The minimum absolute atomic E-state index is 0.0316. The minimum atomic E-state index is -0.0602. The molecule has 3 heteroatoms. The molecular weight excluding hydrogens is 334 g/mol. The Hall–Kier alpha value is -3.07. The van der Waals surface area contributed by atoms with Crippen LogP contribution >= 0.6 is 0 Å². The lowest BCUT2D eigenvalue weighted by Gasteiger charge is -2.19. The highest BCUT2D eigenvalue weighted by molar-refractivity contribution is 5.95. The van der Waals surface area contributed by atoms with Crippen molar-refractivity contribution in [2.45, 2.75) is 26.3 Å². The van der Waals surface area contributed by atoms with Gasteiger partial charge in [0.25, 0.3) is 5.91 Å². The molecule has 0 saturated heterocycles. The van der Waals surface area contributed by atoms with Crippen LogP contribution in [0.5, 0.6) is 5.75 Å². The highest BCUT2D eigenvalue weighted by Crippen LogP contribution is 2.25. The number of carbonyl (C=O) groups excluding carboxylic acids is 1. The van der Waals surface area contributed by atoms with Gasteiger partial charge in [0.1, 0.15) is 5.75 Å². The molecule has 0 radical (unpaired) electrons. The molecule has 1 amide bonds. The van der Waals surface area contributed by atoms with Gasteiger partial charge in [0, 0.05) is 5.56 Å². The summed E-state index contributed by atoms with van der Waals surface area (Å²) in [4.78, 5) is 12.7. The Morgan fingerprint density at radius 1 is 0.963 bits per heavy atom. The summed E-state index contributed by atoms with van der Waals surface area (Å²) in [5.74, 6) is 0.798. The second kappa shape index (κ2) is 8.54. The van der Waals surface area contributed by atoms with Gasteiger partial charge in [-0.2, -0.15) is 0 Å². The van der Waals surface area contributed by atoms with Crippen molar-refractivity contribution in [3.05, 3.63) is 89.5 Å². The molecule has 0 saturated carbocycles. The van der Waals surface area contributed by atoms with Gasteiger partial charge in [-0.25, -0.2) is 0 Å². The van der Waals surface area contributed by atoms with Crippen molar-refractivity contribution < 1.29 is 9.53 Å². The van der Waals surface area contributed by atoms with Crippen molar-refractivity contribution in [2.24, 2.45) is 0 Å². The van der Waals surface area contributed by atoms with Gasteiger partial charge in [-0.05, 0) is 53.8 Å². The van der Waals surface area contributed by atoms with E-state index < -0.39 is 0 Å². The number of benzene rings is 3. The van der Waals surface area contributed by atoms with E-state index in [1.807, 2.05) is 61.5 Å². The number of methoxy groups -OCH3 is 1. The number of carbonyl (C=O) groups is 1. The summed E-state index contributed by atoms with van der Waals surface area (Å²) >= 11 is 0. The van der Waals surface area contributed by atoms with E-state index in [1.165, 1.54) is 0 Å². The molecule has 3 aromatic carbocycles. The summed E-state index contributed by atoms with van der Waals surface area (Å²) < 4.78 is 5.32. The topological polar surface area (TPSA) is 38.3 Å². The Balaban J connectivity index is 1.74. The highest BCUT2D eigenvalue weighted by atomic mass is 16.5. The van der Waals surface area contributed by atoms with Gasteiger partial charge in [0.15, 0.2) is 0 Å². The van der Waals surface area contributed by atoms with Crippen LogP contribution in [0.2, 0.25) is 0 Å². The van der Waals surface area contributed by atoms with Crippen molar-refractivity contribution in [3.63, 3.8) is 0 Å². The lowest BCUT2D eigenvalue weighted by molar-refractivity contribution is 0.0935. The van der Waals surface area contributed by atoms with Crippen LogP contribution < -0.4 is 10.1 Å². The first kappa shape index (κ1) is 18.7. The predicted molar refractivity (Wildman–Crippen MR) is 110 cm³/mol. The first-order chi connectivity index (χ1) is 13.1.